The molecule has 0 aromatic rings. The van der Waals surface area contributed by atoms with Gasteiger partial charge in [-0.15, -0.1) is 6.42 Å². The van der Waals surface area contributed by atoms with E-state index < -0.39 is 5.60 Å². The summed E-state index contributed by atoms with van der Waals surface area (Å²) < 4.78 is 5.68. The van der Waals surface area contributed by atoms with Gasteiger partial charge in [0.05, 0.1) is 0 Å². The summed E-state index contributed by atoms with van der Waals surface area (Å²) in [6, 6.07) is 0. The van der Waals surface area contributed by atoms with E-state index >= 15 is 0 Å². The second kappa shape index (κ2) is 5.18. The number of hydrogen-bond acceptors (Lipinski definition) is 2. The molecule has 2 fully saturated rings. The highest BCUT2D eigenvalue weighted by molar-refractivity contribution is 5.87. The first-order valence-electron chi connectivity index (χ1n) is 6.95. The van der Waals surface area contributed by atoms with Crippen LogP contribution in [0.3, 0.4) is 0 Å². The zero-order chi connectivity index (χ0) is 13.2. The topological polar surface area (TPSA) is 26.3 Å². The fourth-order valence-electron chi connectivity index (χ4n) is 3.57. The number of hydrogen-bond donors (Lipinski definition) is 0. The average molecular weight is 246 g/mol. The van der Waals surface area contributed by atoms with Crippen LogP contribution in [-0.4, -0.2) is 11.6 Å². The van der Waals surface area contributed by atoms with Gasteiger partial charge in [0.15, 0.2) is 5.60 Å². The van der Waals surface area contributed by atoms with Crippen LogP contribution in [0.25, 0.3) is 0 Å². The number of carbonyl (C=O) groups excluding carboxylic acids is 1. The fraction of sp³-hybridized carbons (Fsp3) is 0.688. The lowest BCUT2D eigenvalue weighted by Gasteiger charge is -2.46. The van der Waals surface area contributed by atoms with Crippen LogP contribution >= 0.6 is 0 Å². The van der Waals surface area contributed by atoms with Gasteiger partial charge in [0, 0.05) is 11.5 Å². The number of esters is 1. The summed E-state index contributed by atoms with van der Waals surface area (Å²) in [5.74, 6) is 3.48. The lowest BCUT2D eigenvalue weighted by Crippen LogP contribution is -2.48. The summed E-state index contributed by atoms with van der Waals surface area (Å²) in [6.07, 6.45) is 13.7. The first-order valence-corrected chi connectivity index (χ1v) is 6.95. The Balaban J connectivity index is 2.21. The van der Waals surface area contributed by atoms with Gasteiger partial charge in [-0.2, -0.15) is 0 Å². The Hall–Kier alpha value is -1.23. The first kappa shape index (κ1) is 13.2. The maximum Gasteiger partial charge on any atom is 0.334 e. The quantitative estimate of drug-likeness (QED) is 0.423. The molecular formula is C16H22O2. The smallest absolute Gasteiger partial charge is 0.334 e. The molecule has 0 aromatic carbocycles. The van der Waals surface area contributed by atoms with E-state index in [1.165, 1.54) is 25.7 Å². The van der Waals surface area contributed by atoms with Gasteiger partial charge in [0.25, 0.3) is 0 Å². The van der Waals surface area contributed by atoms with Gasteiger partial charge in [-0.3, -0.25) is 0 Å². The van der Waals surface area contributed by atoms with Gasteiger partial charge < -0.3 is 4.74 Å². The molecule has 2 rings (SSSR count). The molecule has 2 heteroatoms. The van der Waals surface area contributed by atoms with Crippen LogP contribution in [0.4, 0.5) is 0 Å². The van der Waals surface area contributed by atoms with Gasteiger partial charge in [-0.05, 0) is 44.9 Å². The van der Waals surface area contributed by atoms with Gasteiger partial charge in [0.1, 0.15) is 0 Å². The van der Waals surface area contributed by atoms with E-state index in [1.807, 2.05) is 0 Å². The Bertz CT molecular complexity index is 388. The van der Waals surface area contributed by atoms with Crippen LogP contribution in [0.1, 0.15) is 51.9 Å². The number of carbonyl (C=O) groups is 1. The highest BCUT2D eigenvalue weighted by Gasteiger charge is 2.48. The summed E-state index contributed by atoms with van der Waals surface area (Å²) in [4.78, 5) is 11.8. The molecule has 98 valence electrons. The zero-order valence-electron chi connectivity index (χ0n) is 11.2. The fourth-order valence-corrected chi connectivity index (χ4v) is 3.57. The van der Waals surface area contributed by atoms with Crippen LogP contribution in [-0.2, 0) is 9.53 Å². The Morgan fingerprint density at radius 2 is 2.00 bits per heavy atom. The minimum absolute atomic E-state index is 0.334. The molecular weight excluding hydrogens is 224 g/mol. The molecule has 0 saturated heterocycles. The van der Waals surface area contributed by atoms with Crippen LogP contribution in [0.2, 0.25) is 0 Å². The predicted molar refractivity (Wildman–Crippen MR) is 71.8 cm³/mol. The van der Waals surface area contributed by atoms with E-state index in [4.69, 9.17) is 11.2 Å². The maximum atomic E-state index is 11.8. The second-order valence-electron chi connectivity index (χ2n) is 5.75. The molecule has 0 N–H and O–H groups in total. The maximum absolute atomic E-state index is 11.8. The number of ether oxygens (including phenoxy) is 1. The first-order chi connectivity index (χ1) is 8.59. The average Bonchev–Trinajstić information content (AvgIpc) is 2.39. The molecule has 3 atom stereocenters. The minimum Gasteiger partial charge on any atom is -0.442 e. The zero-order valence-corrected chi connectivity index (χ0v) is 11.2. The van der Waals surface area contributed by atoms with Crippen molar-refractivity contribution in [3.63, 3.8) is 0 Å². The van der Waals surface area contributed by atoms with E-state index in [-0.39, 0.29) is 5.97 Å². The van der Waals surface area contributed by atoms with Crippen molar-refractivity contribution < 1.29 is 9.53 Å². The van der Waals surface area contributed by atoms with Crippen molar-refractivity contribution in [1.82, 2.24) is 0 Å². The molecule has 0 aliphatic heterocycles. The van der Waals surface area contributed by atoms with Crippen molar-refractivity contribution in [3.8, 4) is 12.3 Å². The van der Waals surface area contributed by atoms with Crippen LogP contribution in [0.15, 0.2) is 12.2 Å². The lowest BCUT2D eigenvalue weighted by atomic mass is 9.63. The molecule has 0 amide bonds. The van der Waals surface area contributed by atoms with Crippen LogP contribution in [0.5, 0.6) is 0 Å². The molecule has 2 nitrogen and oxygen atoms in total. The Labute approximate surface area is 110 Å². The lowest BCUT2D eigenvalue weighted by molar-refractivity contribution is -0.161. The molecule has 0 bridgehead atoms. The number of terminal acetylenes is 1. The highest BCUT2D eigenvalue weighted by atomic mass is 16.6. The van der Waals surface area contributed by atoms with Crippen LogP contribution in [0, 0.1) is 24.2 Å². The normalized spacial score (nSPS) is 35.1. The van der Waals surface area contributed by atoms with Gasteiger partial charge in [0.2, 0.25) is 0 Å². The van der Waals surface area contributed by atoms with E-state index in [0.717, 1.165) is 19.3 Å². The standard InChI is InChI=1S/C16H22O2/c1-4-16(18-15(17)12(2)3)11-7-9-13-8-5-6-10-14(13)16/h1,13-14H,2,5-11H2,3H3. The van der Waals surface area contributed by atoms with E-state index in [0.29, 0.717) is 17.4 Å². The van der Waals surface area contributed by atoms with Crippen molar-refractivity contribution in [1.29, 1.82) is 0 Å². The third kappa shape index (κ3) is 2.32. The van der Waals surface area contributed by atoms with E-state index in [1.54, 1.807) is 6.92 Å². The van der Waals surface area contributed by atoms with Crippen molar-refractivity contribution in [3.05, 3.63) is 12.2 Å². The second-order valence-corrected chi connectivity index (χ2v) is 5.75. The summed E-state index contributed by atoms with van der Waals surface area (Å²) in [6.45, 7) is 5.32. The molecule has 0 aromatic heterocycles. The minimum atomic E-state index is -0.667. The third-order valence-electron chi connectivity index (χ3n) is 4.50. The Morgan fingerprint density at radius 1 is 1.33 bits per heavy atom. The summed E-state index contributed by atoms with van der Waals surface area (Å²) in [7, 11) is 0. The molecule has 0 spiro atoms. The van der Waals surface area contributed by atoms with Crippen LogP contribution < -0.4 is 0 Å². The molecule has 0 heterocycles. The van der Waals surface area contributed by atoms with Gasteiger partial charge in [-0.1, -0.05) is 25.3 Å². The Kier molecular flexibility index (Phi) is 3.80. The molecule has 18 heavy (non-hydrogen) atoms. The summed E-state index contributed by atoms with van der Waals surface area (Å²) in [5, 5.41) is 0. The van der Waals surface area contributed by atoms with E-state index in [9.17, 15) is 4.79 Å². The van der Waals surface area contributed by atoms with Gasteiger partial charge in [-0.25, -0.2) is 4.79 Å². The molecule has 3 unspecified atom stereocenters. The third-order valence-corrected chi connectivity index (χ3v) is 4.50. The molecule has 2 saturated carbocycles. The highest BCUT2D eigenvalue weighted by Crippen LogP contribution is 2.47. The number of rotatable bonds is 2. The Morgan fingerprint density at radius 3 is 2.67 bits per heavy atom. The van der Waals surface area contributed by atoms with Crippen molar-refractivity contribution in [2.24, 2.45) is 11.8 Å². The summed E-state index contributed by atoms with van der Waals surface area (Å²) >= 11 is 0. The SMILES string of the molecule is C#CC1(OC(=O)C(=C)C)CCCC2CCCCC21. The molecule has 2 aliphatic rings. The van der Waals surface area contributed by atoms with Crippen molar-refractivity contribution >= 4 is 5.97 Å². The van der Waals surface area contributed by atoms with E-state index in [2.05, 4.69) is 12.5 Å². The molecule has 0 radical (unpaired) electrons. The predicted octanol–water partition coefficient (Wildman–Crippen LogP) is 3.47. The van der Waals surface area contributed by atoms with Gasteiger partial charge >= 0.3 is 5.97 Å². The van der Waals surface area contributed by atoms with Crippen molar-refractivity contribution in [2.75, 3.05) is 0 Å². The number of fused-ring (bicyclic) bond motifs is 1. The monoisotopic (exact) mass is 246 g/mol. The largest absolute Gasteiger partial charge is 0.442 e. The summed E-state index contributed by atoms with van der Waals surface area (Å²) in [5.41, 5.74) is -0.234. The van der Waals surface area contributed by atoms with Crippen molar-refractivity contribution in [2.45, 2.75) is 57.5 Å². The molecule has 2 aliphatic carbocycles.